The van der Waals surface area contributed by atoms with Gasteiger partial charge in [-0.2, -0.15) is 11.8 Å². The molecule has 0 bridgehead atoms. The van der Waals surface area contributed by atoms with E-state index in [0.717, 1.165) is 12.4 Å². The van der Waals surface area contributed by atoms with Gasteiger partial charge in [0, 0.05) is 5.75 Å². The van der Waals surface area contributed by atoms with Crippen molar-refractivity contribution >= 4 is 11.8 Å². The third kappa shape index (κ3) is 6.31. The summed E-state index contributed by atoms with van der Waals surface area (Å²) in [6.45, 7) is 5.00. The highest BCUT2D eigenvalue weighted by molar-refractivity contribution is 7.98. The van der Waals surface area contributed by atoms with Crippen molar-refractivity contribution in [2.75, 3.05) is 18.6 Å². The van der Waals surface area contributed by atoms with Crippen molar-refractivity contribution < 1.29 is 4.74 Å². The summed E-state index contributed by atoms with van der Waals surface area (Å²) < 4.78 is 5.26. The first-order valence-corrected chi connectivity index (χ1v) is 4.27. The highest BCUT2D eigenvalue weighted by Crippen LogP contribution is 1.93. The number of thioether (sulfide) groups is 1. The maximum absolute atomic E-state index is 5.26. The summed E-state index contributed by atoms with van der Waals surface area (Å²) in [6, 6.07) is 0. The Morgan fingerprint density at radius 2 is 2.12 bits per heavy atom. The van der Waals surface area contributed by atoms with Gasteiger partial charge in [-0.15, -0.1) is 0 Å². The van der Waals surface area contributed by atoms with Crippen LogP contribution in [0.4, 0.5) is 0 Å². The van der Waals surface area contributed by atoms with Crippen molar-refractivity contribution in [3.05, 3.63) is 0 Å². The number of hydrogen-bond donors (Lipinski definition) is 0. The molecule has 0 heterocycles. The number of hydrogen-bond acceptors (Lipinski definition) is 2. The zero-order valence-electron chi connectivity index (χ0n) is 5.81. The molecule has 0 saturated carbocycles. The Kier molecular flexibility index (Phi) is 5.66. The minimum absolute atomic E-state index is 0.391. The second kappa shape index (κ2) is 5.45. The van der Waals surface area contributed by atoms with Crippen LogP contribution in [0.25, 0.3) is 0 Å². The molecular formula is C6H14OS. The first kappa shape index (κ1) is 8.31. The third-order valence-corrected chi connectivity index (χ3v) is 1.31. The van der Waals surface area contributed by atoms with Crippen molar-refractivity contribution in [2.24, 2.45) is 0 Å². The Bertz CT molecular complexity index is 45.8. The molecular weight excluding hydrogens is 120 g/mol. The van der Waals surface area contributed by atoms with Gasteiger partial charge in [0.05, 0.1) is 12.7 Å². The zero-order valence-corrected chi connectivity index (χ0v) is 6.62. The van der Waals surface area contributed by atoms with Gasteiger partial charge in [-0.05, 0) is 20.1 Å². The fourth-order valence-corrected chi connectivity index (χ4v) is 0.630. The van der Waals surface area contributed by atoms with Crippen LogP contribution >= 0.6 is 11.8 Å². The summed E-state index contributed by atoms with van der Waals surface area (Å²) in [5, 5.41) is 0. The van der Waals surface area contributed by atoms with Crippen LogP contribution in [0, 0.1) is 0 Å². The van der Waals surface area contributed by atoms with Crippen LogP contribution in [0.5, 0.6) is 0 Å². The normalized spacial score (nSPS) is 10.5. The van der Waals surface area contributed by atoms with Crippen molar-refractivity contribution in [3.63, 3.8) is 0 Å². The predicted octanol–water partition coefficient (Wildman–Crippen LogP) is 1.77. The molecule has 0 amide bonds. The highest BCUT2D eigenvalue weighted by atomic mass is 32.2. The lowest BCUT2D eigenvalue weighted by Gasteiger charge is -2.04. The van der Waals surface area contributed by atoms with Gasteiger partial charge in [-0.3, -0.25) is 0 Å². The zero-order chi connectivity index (χ0) is 6.41. The maximum atomic E-state index is 5.26. The fourth-order valence-electron chi connectivity index (χ4n) is 0.367. The molecule has 0 aliphatic heterocycles. The smallest absolute Gasteiger partial charge is 0.0560 e. The van der Waals surface area contributed by atoms with E-state index in [-0.39, 0.29) is 0 Å². The summed E-state index contributed by atoms with van der Waals surface area (Å²) in [6.07, 6.45) is 2.48. The molecule has 0 aliphatic carbocycles. The Labute approximate surface area is 55.8 Å². The third-order valence-electron chi connectivity index (χ3n) is 0.739. The van der Waals surface area contributed by atoms with Crippen LogP contribution in [-0.4, -0.2) is 24.7 Å². The Morgan fingerprint density at radius 1 is 1.50 bits per heavy atom. The number of rotatable bonds is 4. The fraction of sp³-hybridized carbons (Fsp3) is 1.00. The van der Waals surface area contributed by atoms with Gasteiger partial charge in [-0.25, -0.2) is 0 Å². The van der Waals surface area contributed by atoms with Gasteiger partial charge in [0.15, 0.2) is 0 Å². The molecule has 2 heteroatoms. The molecule has 1 nitrogen and oxygen atoms in total. The summed E-state index contributed by atoms with van der Waals surface area (Å²) in [5.74, 6) is 1.11. The average molecular weight is 134 g/mol. The standard InChI is InChI=1S/C6H14OS/c1-6(2)7-4-5-8-3/h6H,4-5H2,1-3H3. The van der Waals surface area contributed by atoms with E-state index in [9.17, 15) is 0 Å². The van der Waals surface area contributed by atoms with Crippen molar-refractivity contribution in [3.8, 4) is 0 Å². The van der Waals surface area contributed by atoms with Crippen LogP contribution in [-0.2, 0) is 4.74 Å². The minimum atomic E-state index is 0.391. The van der Waals surface area contributed by atoms with Crippen molar-refractivity contribution in [1.82, 2.24) is 0 Å². The Morgan fingerprint density at radius 3 is 2.50 bits per heavy atom. The molecule has 50 valence electrons. The van der Waals surface area contributed by atoms with E-state index >= 15 is 0 Å². The lowest BCUT2D eigenvalue weighted by molar-refractivity contribution is 0.0921. The molecule has 0 saturated heterocycles. The minimum Gasteiger partial charge on any atom is -0.378 e. The van der Waals surface area contributed by atoms with Gasteiger partial charge in [-0.1, -0.05) is 0 Å². The van der Waals surface area contributed by atoms with E-state index in [2.05, 4.69) is 20.1 Å². The van der Waals surface area contributed by atoms with E-state index < -0.39 is 0 Å². The van der Waals surface area contributed by atoms with E-state index in [1.807, 2.05) is 11.8 Å². The largest absolute Gasteiger partial charge is 0.378 e. The summed E-state index contributed by atoms with van der Waals surface area (Å²) in [7, 11) is 0. The first-order valence-electron chi connectivity index (χ1n) is 2.88. The summed E-state index contributed by atoms with van der Waals surface area (Å²) in [5.41, 5.74) is 0. The number of ether oxygens (including phenoxy) is 1. The summed E-state index contributed by atoms with van der Waals surface area (Å²) in [4.78, 5) is 0. The second-order valence-electron chi connectivity index (χ2n) is 1.91. The van der Waals surface area contributed by atoms with E-state index in [1.165, 1.54) is 0 Å². The van der Waals surface area contributed by atoms with E-state index in [4.69, 9.17) is 4.74 Å². The lowest BCUT2D eigenvalue weighted by Crippen LogP contribution is -2.04. The van der Waals surface area contributed by atoms with E-state index in [1.54, 1.807) is 0 Å². The molecule has 0 aromatic rings. The van der Waals surface area contributed by atoms with Crippen LogP contribution in [0.3, 0.4) is 0 Å². The molecule has 0 aromatic heterocycles. The van der Waals surface area contributed by atoms with Crippen molar-refractivity contribution in [1.29, 1.82) is 0 Å². The monoisotopic (exact) mass is 134 g/mol. The molecule has 0 radical (unpaired) electrons. The highest BCUT2D eigenvalue weighted by Gasteiger charge is 1.89. The SMILES string of the molecule is CSCCOC(C)C. The van der Waals surface area contributed by atoms with Crippen LogP contribution in [0.15, 0.2) is 0 Å². The first-order chi connectivity index (χ1) is 3.77. The molecule has 0 N–H and O–H groups in total. The lowest BCUT2D eigenvalue weighted by atomic mass is 10.5. The molecule has 0 spiro atoms. The summed E-state index contributed by atoms with van der Waals surface area (Å²) >= 11 is 1.82. The van der Waals surface area contributed by atoms with Gasteiger partial charge in [0.1, 0.15) is 0 Å². The Balaban J connectivity index is 2.72. The predicted molar refractivity (Wildman–Crippen MR) is 39.5 cm³/mol. The molecule has 0 aliphatic rings. The molecule has 0 atom stereocenters. The van der Waals surface area contributed by atoms with E-state index in [0.29, 0.717) is 6.10 Å². The van der Waals surface area contributed by atoms with Gasteiger partial charge >= 0.3 is 0 Å². The van der Waals surface area contributed by atoms with Gasteiger partial charge in [0.25, 0.3) is 0 Å². The van der Waals surface area contributed by atoms with Crippen LogP contribution in [0.1, 0.15) is 13.8 Å². The Hall–Kier alpha value is 0.310. The maximum Gasteiger partial charge on any atom is 0.0560 e. The topological polar surface area (TPSA) is 9.23 Å². The van der Waals surface area contributed by atoms with Gasteiger partial charge < -0.3 is 4.74 Å². The van der Waals surface area contributed by atoms with Gasteiger partial charge in [0.2, 0.25) is 0 Å². The second-order valence-corrected chi connectivity index (χ2v) is 2.90. The molecule has 0 rings (SSSR count). The average Bonchev–Trinajstić information content (AvgIpc) is 1.66. The van der Waals surface area contributed by atoms with Crippen molar-refractivity contribution in [2.45, 2.75) is 20.0 Å². The molecule has 0 unspecified atom stereocenters. The van der Waals surface area contributed by atoms with Crippen LogP contribution < -0.4 is 0 Å². The quantitative estimate of drug-likeness (QED) is 0.542. The molecule has 0 aromatic carbocycles. The molecule has 0 fully saturated rings. The molecule has 8 heavy (non-hydrogen) atoms. The van der Waals surface area contributed by atoms with Crippen LogP contribution in [0.2, 0.25) is 0 Å².